The third-order valence-corrected chi connectivity index (χ3v) is 1.81. The maximum absolute atomic E-state index is 11.3. The van der Waals surface area contributed by atoms with Crippen molar-refractivity contribution in [1.82, 2.24) is 5.32 Å². The Morgan fingerprint density at radius 1 is 1.57 bits per heavy atom. The molecule has 0 unspecified atom stereocenters. The van der Waals surface area contributed by atoms with Gasteiger partial charge in [-0.15, -0.1) is 0 Å². The molecule has 0 heterocycles. The van der Waals surface area contributed by atoms with Gasteiger partial charge in [0.15, 0.2) is 0 Å². The molecule has 0 radical (unpaired) electrons. The summed E-state index contributed by atoms with van der Waals surface area (Å²) in [6.45, 7) is 0. The second-order valence-electron chi connectivity index (χ2n) is 2.71. The van der Waals surface area contributed by atoms with Gasteiger partial charge in [0.1, 0.15) is 5.75 Å². The molecule has 0 aromatic heterocycles. The maximum atomic E-state index is 11.3. The fraction of sp³-hybridized carbons (Fsp3) is 0.200. The molecule has 74 valence electrons. The molecule has 0 fully saturated rings. The topological polar surface area (TPSA) is 61.7 Å². The summed E-state index contributed by atoms with van der Waals surface area (Å²) in [6, 6.07) is 4.94. The fourth-order valence-corrected chi connectivity index (χ4v) is 1.12. The van der Waals surface area contributed by atoms with Crippen LogP contribution in [0.5, 0.6) is 5.75 Å². The number of hydrogen-bond acceptors (Lipinski definition) is 3. The molecule has 4 nitrogen and oxygen atoms in total. The molecule has 1 aromatic rings. The second-order valence-corrected chi connectivity index (χ2v) is 2.71. The van der Waals surface area contributed by atoms with Crippen LogP contribution in [0.2, 0.25) is 0 Å². The van der Waals surface area contributed by atoms with E-state index >= 15 is 0 Å². The number of aliphatic imine (C=N–C) groups is 1. The van der Waals surface area contributed by atoms with Crippen LogP contribution < -0.4 is 5.32 Å². The van der Waals surface area contributed by atoms with Crippen LogP contribution >= 0.6 is 0 Å². The van der Waals surface area contributed by atoms with E-state index in [4.69, 9.17) is 0 Å². The van der Waals surface area contributed by atoms with Gasteiger partial charge in [0.05, 0.1) is 5.56 Å². The van der Waals surface area contributed by atoms with Gasteiger partial charge in [-0.05, 0) is 12.1 Å². The van der Waals surface area contributed by atoms with Crippen LogP contribution in [0.3, 0.4) is 0 Å². The monoisotopic (exact) mass is 192 g/mol. The Hall–Kier alpha value is -1.84. The molecule has 0 bridgehead atoms. The molecule has 0 aliphatic rings. The minimum absolute atomic E-state index is 0.0440. The minimum Gasteiger partial charge on any atom is -0.506 e. The molecule has 2 N–H and O–H groups in total. The van der Waals surface area contributed by atoms with Gasteiger partial charge >= 0.3 is 0 Å². The number of nitrogens with zero attached hydrogens (tertiary/aromatic N) is 1. The van der Waals surface area contributed by atoms with Gasteiger partial charge in [-0.2, -0.15) is 0 Å². The first-order chi connectivity index (χ1) is 6.70. The lowest BCUT2D eigenvalue weighted by atomic mass is 10.1. The van der Waals surface area contributed by atoms with E-state index in [1.807, 2.05) is 0 Å². The highest BCUT2D eigenvalue weighted by Gasteiger charge is 2.10. The molecule has 0 atom stereocenters. The van der Waals surface area contributed by atoms with E-state index in [0.29, 0.717) is 5.56 Å². The SMILES string of the molecule is CN=Cc1cccc(C(=O)NC)c1O. The number of phenolic OH excluding ortho intramolecular Hbond substituents is 1. The predicted octanol–water partition coefficient (Wildman–Crippen LogP) is 0.800. The third kappa shape index (κ3) is 1.90. The molecule has 0 aliphatic carbocycles. The summed E-state index contributed by atoms with van der Waals surface area (Å²) in [7, 11) is 3.12. The Morgan fingerprint density at radius 3 is 2.86 bits per heavy atom. The molecular formula is C10H12N2O2. The lowest BCUT2D eigenvalue weighted by Gasteiger charge is -2.04. The van der Waals surface area contributed by atoms with Crippen molar-refractivity contribution in [3.63, 3.8) is 0 Å². The van der Waals surface area contributed by atoms with Crippen LogP contribution in [-0.4, -0.2) is 31.3 Å². The first-order valence-corrected chi connectivity index (χ1v) is 4.17. The Balaban J connectivity index is 3.20. The third-order valence-electron chi connectivity index (χ3n) is 1.81. The molecule has 1 aromatic carbocycles. The summed E-state index contributed by atoms with van der Waals surface area (Å²) in [4.78, 5) is 15.1. The lowest BCUT2D eigenvalue weighted by Crippen LogP contribution is -2.18. The molecule has 1 amide bonds. The van der Waals surface area contributed by atoms with Crippen molar-refractivity contribution in [2.24, 2.45) is 4.99 Å². The van der Waals surface area contributed by atoms with Crippen molar-refractivity contribution in [2.45, 2.75) is 0 Å². The van der Waals surface area contributed by atoms with Crippen molar-refractivity contribution in [2.75, 3.05) is 14.1 Å². The van der Waals surface area contributed by atoms with Gasteiger partial charge in [-0.25, -0.2) is 0 Å². The number of benzene rings is 1. The van der Waals surface area contributed by atoms with Crippen molar-refractivity contribution >= 4 is 12.1 Å². The van der Waals surface area contributed by atoms with Crippen LogP contribution in [0.15, 0.2) is 23.2 Å². The zero-order valence-corrected chi connectivity index (χ0v) is 8.11. The van der Waals surface area contributed by atoms with Gasteiger partial charge in [-0.1, -0.05) is 6.07 Å². The smallest absolute Gasteiger partial charge is 0.254 e. The molecule has 4 heteroatoms. The molecule has 0 spiro atoms. The number of para-hydroxylation sites is 1. The summed E-state index contributed by atoms with van der Waals surface area (Å²) in [6.07, 6.45) is 1.50. The summed E-state index contributed by atoms with van der Waals surface area (Å²) in [5.41, 5.74) is 0.790. The summed E-state index contributed by atoms with van der Waals surface area (Å²) >= 11 is 0. The van der Waals surface area contributed by atoms with Gasteiger partial charge < -0.3 is 10.4 Å². The Kier molecular flexibility index (Phi) is 3.23. The summed E-state index contributed by atoms with van der Waals surface area (Å²) < 4.78 is 0. The molecule has 1 rings (SSSR count). The van der Waals surface area contributed by atoms with Crippen LogP contribution in [0.1, 0.15) is 15.9 Å². The summed E-state index contributed by atoms with van der Waals surface area (Å²) in [5.74, 6) is -0.355. The van der Waals surface area contributed by atoms with Crippen LogP contribution in [0.25, 0.3) is 0 Å². The molecule has 14 heavy (non-hydrogen) atoms. The van der Waals surface area contributed by atoms with E-state index in [1.54, 1.807) is 25.2 Å². The van der Waals surface area contributed by atoms with E-state index in [1.165, 1.54) is 13.3 Å². The second kappa shape index (κ2) is 4.41. The van der Waals surface area contributed by atoms with Crippen molar-refractivity contribution < 1.29 is 9.90 Å². The predicted molar refractivity (Wildman–Crippen MR) is 55.0 cm³/mol. The maximum Gasteiger partial charge on any atom is 0.254 e. The number of rotatable bonds is 2. The highest BCUT2D eigenvalue weighted by atomic mass is 16.3. The zero-order valence-electron chi connectivity index (χ0n) is 8.11. The van der Waals surface area contributed by atoms with Crippen LogP contribution in [-0.2, 0) is 0 Å². The van der Waals surface area contributed by atoms with E-state index in [0.717, 1.165) is 0 Å². The van der Waals surface area contributed by atoms with E-state index in [9.17, 15) is 9.90 Å². The molecule has 0 aliphatic heterocycles. The highest BCUT2D eigenvalue weighted by molar-refractivity contribution is 5.99. The van der Waals surface area contributed by atoms with E-state index in [-0.39, 0.29) is 17.2 Å². The quantitative estimate of drug-likeness (QED) is 0.681. The van der Waals surface area contributed by atoms with Crippen molar-refractivity contribution in [3.8, 4) is 5.75 Å². The standard InChI is InChI=1S/C10H12N2O2/c1-11-6-7-4-3-5-8(9(7)13)10(14)12-2/h3-6,13H,1-2H3,(H,12,14). The van der Waals surface area contributed by atoms with E-state index in [2.05, 4.69) is 10.3 Å². The Morgan fingerprint density at radius 2 is 2.29 bits per heavy atom. The first kappa shape index (κ1) is 10.2. The largest absolute Gasteiger partial charge is 0.506 e. The van der Waals surface area contributed by atoms with Gasteiger partial charge in [0.2, 0.25) is 0 Å². The number of hydrogen-bond donors (Lipinski definition) is 2. The van der Waals surface area contributed by atoms with Gasteiger partial charge in [0.25, 0.3) is 5.91 Å². The molecular weight excluding hydrogens is 180 g/mol. The van der Waals surface area contributed by atoms with Gasteiger partial charge in [-0.3, -0.25) is 9.79 Å². The van der Waals surface area contributed by atoms with Crippen molar-refractivity contribution in [3.05, 3.63) is 29.3 Å². The Labute approximate surface area is 82.3 Å². The average molecular weight is 192 g/mol. The zero-order chi connectivity index (χ0) is 10.6. The summed E-state index contributed by atoms with van der Waals surface area (Å²) in [5, 5.41) is 12.1. The fourth-order valence-electron chi connectivity index (χ4n) is 1.12. The number of aromatic hydroxyl groups is 1. The number of carbonyl (C=O) groups is 1. The highest BCUT2D eigenvalue weighted by Crippen LogP contribution is 2.20. The molecule has 0 saturated carbocycles. The number of amides is 1. The van der Waals surface area contributed by atoms with Crippen LogP contribution in [0.4, 0.5) is 0 Å². The average Bonchev–Trinajstić information content (AvgIpc) is 2.20. The first-order valence-electron chi connectivity index (χ1n) is 4.17. The number of phenols is 1. The normalized spacial score (nSPS) is 10.4. The molecule has 0 saturated heterocycles. The van der Waals surface area contributed by atoms with Crippen molar-refractivity contribution in [1.29, 1.82) is 0 Å². The van der Waals surface area contributed by atoms with E-state index < -0.39 is 0 Å². The number of nitrogens with one attached hydrogen (secondary N) is 1. The van der Waals surface area contributed by atoms with Gasteiger partial charge in [0, 0.05) is 25.9 Å². The minimum atomic E-state index is -0.311. The van der Waals surface area contributed by atoms with Crippen LogP contribution in [0, 0.1) is 0 Å². The lowest BCUT2D eigenvalue weighted by molar-refractivity contribution is 0.0960. The number of carbonyl (C=O) groups excluding carboxylic acids is 1. The Bertz CT molecular complexity index is 372.